The van der Waals surface area contributed by atoms with Crippen LogP contribution in [0.25, 0.3) is 0 Å². The highest BCUT2D eigenvalue weighted by atomic mass is 16.5. The van der Waals surface area contributed by atoms with E-state index in [9.17, 15) is 14.4 Å². The monoisotopic (exact) mass is 364 g/mol. The Kier molecular flexibility index (Phi) is 6.83. The highest BCUT2D eigenvalue weighted by molar-refractivity contribution is 5.99. The van der Waals surface area contributed by atoms with Gasteiger partial charge in [0, 0.05) is 18.3 Å². The van der Waals surface area contributed by atoms with Crippen molar-refractivity contribution in [2.24, 2.45) is 0 Å². The van der Waals surface area contributed by atoms with Gasteiger partial charge in [0.2, 0.25) is 0 Å². The lowest BCUT2D eigenvalue weighted by Gasteiger charge is -2.35. The first-order valence-corrected chi connectivity index (χ1v) is 9.23. The van der Waals surface area contributed by atoms with Crippen LogP contribution in [0, 0.1) is 13.8 Å². The molecule has 7 heteroatoms. The summed E-state index contributed by atoms with van der Waals surface area (Å²) in [5, 5.41) is 0. The molecule has 0 radical (unpaired) electrons. The van der Waals surface area contributed by atoms with Crippen LogP contribution < -0.4 is 0 Å². The van der Waals surface area contributed by atoms with Crippen LogP contribution in [0.5, 0.6) is 0 Å². The predicted octanol–water partition coefficient (Wildman–Crippen LogP) is 2.76. The van der Waals surface area contributed by atoms with Gasteiger partial charge in [-0.25, -0.2) is 9.59 Å². The number of nitrogens with one attached hydrogen (secondary N) is 1. The van der Waals surface area contributed by atoms with Gasteiger partial charge in [0.05, 0.1) is 12.2 Å². The summed E-state index contributed by atoms with van der Waals surface area (Å²) in [7, 11) is 0. The van der Waals surface area contributed by atoms with E-state index in [4.69, 9.17) is 9.47 Å². The Labute approximate surface area is 154 Å². The number of amides is 1. The number of aromatic nitrogens is 1. The summed E-state index contributed by atoms with van der Waals surface area (Å²) < 4.78 is 10.2. The number of hydrogen-bond acceptors (Lipinski definition) is 5. The van der Waals surface area contributed by atoms with E-state index in [1.54, 1.807) is 20.8 Å². The van der Waals surface area contributed by atoms with E-state index >= 15 is 0 Å². The Hall–Kier alpha value is -2.31. The van der Waals surface area contributed by atoms with Crippen LogP contribution in [-0.2, 0) is 14.3 Å². The maximum absolute atomic E-state index is 12.4. The first kappa shape index (κ1) is 20.0. The summed E-state index contributed by atoms with van der Waals surface area (Å²) in [5.74, 6) is -1.29. The van der Waals surface area contributed by atoms with Crippen molar-refractivity contribution in [2.45, 2.75) is 59.4 Å². The van der Waals surface area contributed by atoms with Crippen LogP contribution >= 0.6 is 0 Å². The second-order valence-corrected chi connectivity index (χ2v) is 6.57. The Balaban J connectivity index is 2.03. The minimum atomic E-state index is -0.639. The largest absolute Gasteiger partial charge is 0.462 e. The third kappa shape index (κ3) is 4.26. The molecule has 26 heavy (non-hydrogen) atoms. The molecule has 0 aliphatic carbocycles. The number of nitrogens with zero attached hydrogens (tertiary/aromatic N) is 1. The third-order valence-corrected chi connectivity index (χ3v) is 4.87. The molecular weight excluding hydrogens is 336 g/mol. The lowest BCUT2D eigenvalue weighted by Crippen LogP contribution is -2.45. The molecule has 1 amide bonds. The molecule has 1 aliphatic rings. The van der Waals surface area contributed by atoms with Crippen LogP contribution in [0.2, 0.25) is 0 Å². The van der Waals surface area contributed by atoms with Crippen molar-refractivity contribution in [3.05, 3.63) is 22.5 Å². The zero-order valence-electron chi connectivity index (χ0n) is 16.0. The maximum Gasteiger partial charge on any atom is 0.355 e. The average molecular weight is 364 g/mol. The molecule has 2 rings (SSSR count). The molecule has 7 nitrogen and oxygen atoms in total. The number of carbonyl (C=O) groups excluding carboxylic acids is 3. The van der Waals surface area contributed by atoms with E-state index in [0.717, 1.165) is 25.7 Å². The number of aromatic amines is 1. The summed E-state index contributed by atoms with van der Waals surface area (Å²) in [4.78, 5) is 41.5. The summed E-state index contributed by atoms with van der Waals surface area (Å²) in [6.07, 6.45) is 4.00. The van der Waals surface area contributed by atoms with Crippen LogP contribution in [0.4, 0.5) is 0 Å². The van der Waals surface area contributed by atoms with E-state index in [1.807, 2.05) is 4.90 Å². The van der Waals surface area contributed by atoms with Gasteiger partial charge in [0.15, 0.2) is 6.61 Å². The summed E-state index contributed by atoms with van der Waals surface area (Å²) >= 11 is 0. The SMILES string of the molecule is CCOC(=O)c1c(C)[nH]c(C(=O)OCC(=O)N2CCCC[C@H]2CC)c1C. The standard InChI is InChI=1S/C19H28N2O5/c1-5-14-9-7-8-10-21(14)15(22)11-26-19(24)17-12(3)16(13(4)20-17)18(23)25-6-2/h14,20H,5-11H2,1-4H3/t14-/m1/s1. The molecule has 0 unspecified atom stereocenters. The van der Waals surface area contributed by atoms with Gasteiger partial charge in [-0.1, -0.05) is 6.92 Å². The molecular formula is C19H28N2O5. The predicted molar refractivity (Wildman–Crippen MR) is 96.1 cm³/mol. The molecule has 0 spiro atoms. The third-order valence-electron chi connectivity index (χ3n) is 4.87. The van der Waals surface area contributed by atoms with Crippen LogP contribution in [0.3, 0.4) is 0 Å². The number of hydrogen-bond donors (Lipinski definition) is 1. The number of carbonyl (C=O) groups is 3. The van der Waals surface area contributed by atoms with E-state index in [2.05, 4.69) is 11.9 Å². The summed E-state index contributed by atoms with van der Waals surface area (Å²) in [6.45, 7) is 7.81. The van der Waals surface area contributed by atoms with Crippen molar-refractivity contribution in [1.82, 2.24) is 9.88 Å². The van der Waals surface area contributed by atoms with Crippen LogP contribution in [0.1, 0.15) is 71.6 Å². The maximum atomic E-state index is 12.4. The molecule has 0 aromatic carbocycles. The molecule has 1 fully saturated rings. The van der Waals surface area contributed by atoms with Crippen molar-refractivity contribution < 1.29 is 23.9 Å². The molecule has 144 valence electrons. The lowest BCUT2D eigenvalue weighted by molar-refractivity contribution is -0.138. The average Bonchev–Trinajstić information content (AvgIpc) is 2.93. The fourth-order valence-electron chi connectivity index (χ4n) is 3.50. The van der Waals surface area contributed by atoms with Gasteiger partial charge in [-0.2, -0.15) is 0 Å². The van der Waals surface area contributed by atoms with Gasteiger partial charge in [-0.15, -0.1) is 0 Å². The van der Waals surface area contributed by atoms with Crippen molar-refractivity contribution in [1.29, 1.82) is 0 Å². The van der Waals surface area contributed by atoms with E-state index in [0.29, 0.717) is 23.4 Å². The van der Waals surface area contributed by atoms with Crippen LogP contribution in [0.15, 0.2) is 0 Å². The molecule has 1 aliphatic heterocycles. The van der Waals surface area contributed by atoms with Crippen molar-refractivity contribution in [3.63, 3.8) is 0 Å². The minimum Gasteiger partial charge on any atom is -0.462 e. The first-order valence-electron chi connectivity index (χ1n) is 9.23. The number of aryl methyl sites for hydroxylation is 1. The second kappa shape index (κ2) is 8.87. The number of H-pyrrole nitrogens is 1. The summed E-state index contributed by atoms with van der Waals surface area (Å²) in [6, 6.07) is 0.222. The quantitative estimate of drug-likeness (QED) is 0.784. The van der Waals surface area contributed by atoms with Gasteiger partial charge in [0.25, 0.3) is 5.91 Å². The zero-order valence-corrected chi connectivity index (χ0v) is 16.0. The highest BCUT2D eigenvalue weighted by Gasteiger charge is 2.28. The summed E-state index contributed by atoms with van der Waals surface area (Å²) in [5.41, 5.74) is 1.54. The molecule has 1 aromatic rings. The van der Waals surface area contributed by atoms with Crippen molar-refractivity contribution >= 4 is 17.8 Å². The Bertz CT molecular complexity index is 680. The number of ether oxygens (including phenoxy) is 2. The number of esters is 2. The first-order chi connectivity index (χ1) is 12.4. The Morgan fingerprint density at radius 3 is 2.50 bits per heavy atom. The van der Waals surface area contributed by atoms with Crippen LogP contribution in [-0.4, -0.2) is 53.5 Å². The zero-order chi connectivity index (χ0) is 19.3. The smallest absolute Gasteiger partial charge is 0.355 e. The van der Waals surface area contributed by atoms with E-state index < -0.39 is 11.9 Å². The molecule has 1 aromatic heterocycles. The fourth-order valence-corrected chi connectivity index (χ4v) is 3.50. The topological polar surface area (TPSA) is 88.7 Å². The van der Waals surface area contributed by atoms with Gasteiger partial charge in [0.1, 0.15) is 5.69 Å². The van der Waals surface area contributed by atoms with Gasteiger partial charge >= 0.3 is 11.9 Å². The Morgan fingerprint density at radius 1 is 1.12 bits per heavy atom. The van der Waals surface area contributed by atoms with E-state index in [1.165, 1.54) is 0 Å². The van der Waals surface area contributed by atoms with Gasteiger partial charge in [-0.05, 0) is 52.0 Å². The number of likely N-dealkylation sites (tertiary alicyclic amines) is 1. The van der Waals surface area contributed by atoms with E-state index in [-0.39, 0.29) is 30.9 Å². The number of piperidine rings is 1. The lowest BCUT2D eigenvalue weighted by atomic mass is 10.00. The minimum absolute atomic E-state index is 0.170. The fraction of sp³-hybridized carbons (Fsp3) is 0.632. The normalized spacial score (nSPS) is 17.1. The van der Waals surface area contributed by atoms with Crippen molar-refractivity contribution in [3.8, 4) is 0 Å². The molecule has 0 saturated carbocycles. The molecule has 1 saturated heterocycles. The molecule has 1 atom stereocenters. The molecule has 2 heterocycles. The van der Waals surface area contributed by atoms with Crippen molar-refractivity contribution in [2.75, 3.05) is 19.8 Å². The highest BCUT2D eigenvalue weighted by Crippen LogP contribution is 2.21. The number of rotatable bonds is 6. The molecule has 1 N–H and O–H groups in total. The molecule has 0 bridgehead atoms. The van der Waals surface area contributed by atoms with Gasteiger partial charge in [-0.3, -0.25) is 4.79 Å². The second-order valence-electron chi connectivity index (χ2n) is 6.57. The van der Waals surface area contributed by atoms with Gasteiger partial charge < -0.3 is 19.4 Å². The Morgan fingerprint density at radius 2 is 1.85 bits per heavy atom.